The summed E-state index contributed by atoms with van der Waals surface area (Å²) in [6, 6.07) is 5.61. The zero-order valence-corrected chi connectivity index (χ0v) is 7.17. The Bertz CT molecular complexity index is 318. The molecule has 1 aromatic carbocycles. The van der Waals surface area contributed by atoms with E-state index in [-0.39, 0.29) is 5.54 Å². The molecule has 2 nitrogen and oxygen atoms in total. The zero-order valence-electron chi connectivity index (χ0n) is 7.17. The summed E-state index contributed by atoms with van der Waals surface area (Å²) in [4.78, 5) is 0. The minimum atomic E-state index is -0.333. The molecule has 3 N–H and O–H groups in total. The molecule has 0 fully saturated rings. The maximum Gasteiger partial charge on any atom is 0.120 e. The monoisotopic (exact) mass is 163 g/mol. The van der Waals surface area contributed by atoms with Crippen molar-refractivity contribution in [2.75, 3.05) is 0 Å². The topological polar surface area (TPSA) is 46.2 Å². The fraction of sp³-hybridized carbons (Fsp3) is 0.400. The van der Waals surface area contributed by atoms with E-state index in [4.69, 9.17) is 5.73 Å². The summed E-state index contributed by atoms with van der Waals surface area (Å²) >= 11 is 0. The highest BCUT2D eigenvalue weighted by molar-refractivity contribution is 5.47. The fourth-order valence-electron chi connectivity index (χ4n) is 1.97. The second kappa shape index (κ2) is 2.23. The summed E-state index contributed by atoms with van der Waals surface area (Å²) < 4.78 is 0. The zero-order chi connectivity index (χ0) is 8.77. The molecule has 0 aromatic heterocycles. The maximum absolute atomic E-state index is 9.59. The molecule has 0 saturated carbocycles. The van der Waals surface area contributed by atoms with Crippen LogP contribution in [-0.2, 0) is 12.0 Å². The molecule has 0 saturated heterocycles. The Labute approximate surface area is 72.0 Å². The molecule has 0 heterocycles. The van der Waals surface area contributed by atoms with Crippen molar-refractivity contribution in [3.8, 4) is 5.75 Å². The predicted molar refractivity (Wildman–Crippen MR) is 48.0 cm³/mol. The number of aromatic hydroxyl groups is 1. The molecule has 64 valence electrons. The number of hydrogen-bond donors (Lipinski definition) is 2. The Morgan fingerprint density at radius 3 is 2.92 bits per heavy atom. The third-order valence-corrected chi connectivity index (χ3v) is 2.61. The summed E-state index contributed by atoms with van der Waals surface area (Å²) in [6.07, 6.45) is 1.91. The minimum absolute atomic E-state index is 0.333. The van der Waals surface area contributed by atoms with Gasteiger partial charge in [0.05, 0.1) is 0 Å². The molecule has 2 rings (SSSR count). The first-order valence-corrected chi connectivity index (χ1v) is 4.21. The fourth-order valence-corrected chi connectivity index (χ4v) is 1.97. The smallest absolute Gasteiger partial charge is 0.120 e. The third-order valence-electron chi connectivity index (χ3n) is 2.61. The van der Waals surface area contributed by atoms with Crippen LogP contribution < -0.4 is 5.73 Å². The van der Waals surface area contributed by atoms with Gasteiger partial charge in [0.25, 0.3) is 0 Å². The molecule has 1 aliphatic rings. The van der Waals surface area contributed by atoms with E-state index in [2.05, 4.69) is 0 Å². The third kappa shape index (κ3) is 0.916. The van der Waals surface area contributed by atoms with Crippen LogP contribution in [0.25, 0.3) is 0 Å². The quantitative estimate of drug-likeness (QED) is 0.609. The Morgan fingerprint density at radius 1 is 1.50 bits per heavy atom. The van der Waals surface area contributed by atoms with Crippen LogP contribution in [0.5, 0.6) is 5.75 Å². The lowest BCUT2D eigenvalue weighted by molar-refractivity contribution is 0.429. The number of phenols is 1. The van der Waals surface area contributed by atoms with Gasteiger partial charge < -0.3 is 10.8 Å². The van der Waals surface area contributed by atoms with E-state index in [1.54, 1.807) is 6.07 Å². The maximum atomic E-state index is 9.59. The summed E-state index contributed by atoms with van der Waals surface area (Å²) in [5, 5.41) is 9.59. The Morgan fingerprint density at radius 2 is 2.25 bits per heavy atom. The van der Waals surface area contributed by atoms with E-state index in [1.165, 1.54) is 5.56 Å². The van der Waals surface area contributed by atoms with E-state index in [0.29, 0.717) is 5.75 Å². The summed E-state index contributed by atoms with van der Waals surface area (Å²) in [7, 11) is 0. The van der Waals surface area contributed by atoms with Crippen molar-refractivity contribution < 1.29 is 5.11 Å². The number of benzene rings is 1. The van der Waals surface area contributed by atoms with Crippen molar-refractivity contribution >= 4 is 0 Å². The first-order valence-electron chi connectivity index (χ1n) is 4.21. The molecule has 0 amide bonds. The van der Waals surface area contributed by atoms with Crippen LogP contribution in [0.1, 0.15) is 24.5 Å². The van der Waals surface area contributed by atoms with Crippen molar-refractivity contribution in [1.29, 1.82) is 0 Å². The molecule has 1 aromatic rings. The van der Waals surface area contributed by atoms with Gasteiger partial charge in [0.1, 0.15) is 5.75 Å². The number of hydrogen-bond acceptors (Lipinski definition) is 2. The number of fused-ring (bicyclic) bond motifs is 1. The van der Waals surface area contributed by atoms with Crippen molar-refractivity contribution in [2.45, 2.75) is 25.3 Å². The first-order chi connectivity index (χ1) is 5.61. The van der Waals surface area contributed by atoms with E-state index in [9.17, 15) is 5.11 Å². The first kappa shape index (κ1) is 7.62. The van der Waals surface area contributed by atoms with E-state index in [1.807, 2.05) is 19.1 Å². The van der Waals surface area contributed by atoms with Crippen LogP contribution in [0, 0.1) is 0 Å². The molecule has 1 unspecified atom stereocenters. The van der Waals surface area contributed by atoms with Gasteiger partial charge in [-0.05, 0) is 31.4 Å². The molecule has 0 aliphatic heterocycles. The van der Waals surface area contributed by atoms with E-state index >= 15 is 0 Å². The van der Waals surface area contributed by atoms with Crippen LogP contribution in [0.3, 0.4) is 0 Å². The molecule has 0 radical (unpaired) electrons. The van der Waals surface area contributed by atoms with Gasteiger partial charge in [-0.3, -0.25) is 0 Å². The summed E-state index contributed by atoms with van der Waals surface area (Å²) in [5.74, 6) is 0.343. The molecule has 1 atom stereocenters. The predicted octanol–water partition coefficient (Wildman–Crippen LogP) is 1.51. The van der Waals surface area contributed by atoms with Gasteiger partial charge in [-0.1, -0.05) is 12.1 Å². The van der Waals surface area contributed by atoms with Gasteiger partial charge in [0, 0.05) is 11.1 Å². The van der Waals surface area contributed by atoms with Gasteiger partial charge in [0.15, 0.2) is 0 Å². The van der Waals surface area contributed by atoms with Gasteiger partial charge in [0.2, 0.25) is 0 Å². The minimum Gasteiger partial charge on any atom is -0.508 e. The number of rotatable bonds is 0. The lowest BCUT2D eigenvalue weighted by Crippen LogP contribution is -2.29. The van der Waals surface area contributed by atoms with E-state index in [0.717, 1.165) is 18.4 Å². The SMILES string of the molecule is CC1(N)CCc2cccc(O)c21. The van der Waals surface area contributed by atoms with Gasteiger partial charge in [-0.15, -0.1) is 0 Å². The average Bonchev–Trinajstić information content (AvgIpc) is 2.29. The Hall–Kier alpha value is -1.02. The van der Waals surface area contributed by atoms with Crippen LogP contribution in [-0.4, -0.2) is 5.11 Å². The van der Waals surface area contributed by atoms with Crippen LogP contribution in [0.2, 0.25) is 0 Å². The van der Waals surface area contributed by atoms with Gasteiger partial charge in [-0.25, -0.2) is 0 Å². The van der Waals surface area contributed by atoms with Crippen molar-refractivity contribution in [2.24, 2.45) is 5.73 Å². The van der Waals surface area contributed by atoms with Crippen LogP contribution in [0.4, 0.5) is 0 Å². The Kier molecular flexibility index (Phi) is 1.42. The summed E-state index contributed by atoms with van der Waals surface area (Å²) in [5.41, 5.74) is 7.83. The Balaban J connectivity index is 2.64. The average molecular weight is 163 g/mol. The molecular weight excluding hydrogens is 150 g/mol. The van der Waals surface area contributed by atoms with E-state index < -0.39 is 0 Å². The normalized spacial score (nSPS) is 27.2. The van der Waals surface area contributed by atoms with Gasteiger partial charge >= 0.3 is 0 Å². The lowest BCUT2D eigenvalue weighted by atomic mass is 9.95. The number of aryl methyl sites for hydroxylation is 1. The lowest BCUT2D eigenvalue weighted by Gasteiger charge is -2.19. The second-order valence-electron chi connectivity index (χ2n) is 3.73. The standard InChI is InChI=1S/C10H13NO/c1-10(11)6-5-7-3-2-4-8(12)9(7)10/h2-4,12H,5-6,11H2,1H3. The molecule has 0 spiro atoms. The van der Waals surface area contributed by atoms with Crippen LogP contribution >= 0.6 is 0 Å². The van der Waals surface area contributed by atoms with Gasteiger partial charge in [-0.2, -0.15) is 0 Å². The molecular formula is C10H13NO. The largest absolute Gasteiger partial charge is 0.508 e. The van der Waals surface area contributed by atoms with Crippen molar-refractivity contribution in [1.82, 2.24) is 0 Å². The highest BCUT2D eigenvalue weighted by Crippen LogP contribution is 2.39. The van der Waals surface area contributed by atoms with Crippen molar-refractivity contribution in [3.05, 3.63) is 29.3 Å². The highest BCUT2D eigenvalue weighted by atomic mass is 16.3. The molecule has 12 heavy (non-hydrogen) atoms. The number of phenolic OH excluding ortho intramolecular Hbond substituents is 1. The molecule has 2 heteroatoms. The van der Waals surface area contributed by atoms with Crippen molar-refractivity contribution in [3.63, 3.8) is 0 Å². The van der Waals surface area contributed by atoms with Crippen LogP contribution in [0.15, 0.2) is 18.2 Å². The molecule has 0 bridgehead atoms. The number of nitrogens with two attached hydrogens (primary N) is 1. The second-order valence-corrected chi connectivity index (χ2v) is 3.73. The highest BCUT2D eigenvalue weighted by Gasteiger charge is 2.32. The summed E-state index contributed by atoms with van der Waals surface area (Å²) in [6.45, 7) is 1.97. The molecule has 1 aliphatic carbocycles.